The van der Waals surface area contributed by atoms with Crippen LogP contribution >= 0.6 is 0 Å². The van der Waals surface area contributed by atoms with Crippen molar-refractivity contribution in [3.63, 3.8) is 0 Å². The van der Waals surface area contributed by atoms with Crippen LogP contribution < -0.4 is 10.6 Å². The van der Waals surface area contributed by atoms with Crippen molar-refractivity contribution in [3.8, 4) is 0 Å². The van der Waals surface area contributed by atoms with Crippen molar-refractivity contribution in [2.24, 2.45) is 5.92 Å². The van der Waals surface area contributed by atoms with Crippen LogP contribution in [0.1, 0.15) is 39.5 Å². The average molecular weight is 330 g/mol. The van der Waals surface area contributed by atoms with E-state index in [0.29, 0.717) is 6.54 Å². The lowest BCUT2D eigenvalue weighted by Crippen LogP contribution is -2.51. The predicted octanol–water partition coefficient (Wildman–Crippen LogP) is -0.352. The molecule has 0 aromatic carbocycles. The Morgan fingerprint density at radius 3 is 2.26 bits per heavy atom. The van der Waals surface area contributed by atoms with Gasteiger partial charge in [0.25, 0.3) is 5.91 Å². The minimum atomic E-state index is -1.18. The van der Waals surface area contributed by atoms with Gasteiger partial charge in [-0.1, -0.05) is 26.7 Å². The number of rotatable bonds is 11. The van der Waals surface area contributed by atoms with Gasteiger partial charge in [-0.05, 0) is 18.8 Å². The van der Waals surface area contributed by atoms with Crippen molar-refractivity contribution < 1.29 is 29.3 Å². The van der Waals surface area contributed by atoms with Crippen molar-refractivity contribution in [1.82, 2.24) is 10.6 Å². The summed E-state index contributed by atoms with van der Waals surface area (Å²) in [5.41, 5.74) is 0. The molecular weight excluding hydrogens is 304 g/mol. The van der Waals surface area contributed by atoms with Crippen molar-refractivity contribution in [1.29, 1.82) is 0 Å². The number of amides is 2. The molecule has 0 radical (unpaired) electrons. The van der Waals surface area contributed by atoms with Crippen molar-refractivity contribution in [3.05, 3.63) is 0 Å². The van der Waals surface area contributed by atoms with Crippen LogP contribution in [0, 0.1) is 5.92 Å². The minimum absolute atomic E-state index is 0.129. The molecule has 2 amide bonds. The number of epoxide rings is 1. The highest BCUT2D eigenvalue weighted by Crippen LogP contribution is 2.22. The summed E-state index contributed by atoms with van der Waals surface area (Å²) < 4.78 is 4.77. The Labute approximate surface area is 135 Å². The van der Waals surface area contributed by atoms with Gasteiger partial charge in [0.05, 0.1) is 0 Å². The molecule has 1 rings (SSSR count). The van der Waals surface area contributed by atoms with E-state index in [9.17, 15) is 14.4 Å². The zero-order valence-electron chi connectivity index (χ0n) is 13.6. The second-order valence-electron chi connectivity index (χ2n) is 5.97. The third-order valence-corrected chi connectivity index (χ3v) is 3.62. The van der Waals surface area contributed by atoms with Gasteiger partial charge < -0.3 is 25.6 Å². The molecule has 1 saturated heterocycles. The summed E-state index contributed by atoms with van der Waals surface area (Å²) in [4.78, 5) is 34.7. The molecule has 1 aliphatic heterocycles. The monoisotopic (exact) mass is 330 g/mol. The summed E-state index contributed by atoms with van der Waals surface area (Å²) in [7, 11) is 0. The molecular formula is C15H26N2O6. The quantitative estimate of drug-likeness (QED) is 0.303. The summed E-state index contributed by atoms with van der Waals surface area (Å²) >= 11 is 0. The number of carbonyl (C=O) groups excluding carboxylic acids is 2. The fourth-order valence-electron chi connectivity index (χ4n) is 2.18. The standard InChI is InChI=1S/C15H26N2O6/c1-9(2)10(13(19)16-7-5-3-4-6-8-18)17-14(20)11-12(23-11)15(21)22/h9-12,18H,3-8H2,1-2H3,(H,16,19)(H,17,20)(H,21,22)/t10-,11-,12-/m0/s1. The fourth-order valence-corrected chi connectivity index (χ4v) is 2.18. The highest BCUT2D eigenvalue weighted by Gasteiger charge is 2.51. The normalized spacial score (nSPS) is 20.9. The lowest BCUT2D eigenvalue weighted by molar-refractivity contribution is -0.138. The SMILES string of the molecule is CC(C)[C@H](NC(=O)[C@H]1O[C@@H]1C(=O)O)C(=O)NCCCCCCO. The van der Waals surface area contributed by atoms with E-state index in [-0.39, 0.29) is 18.4 Å². The Bertz CT molecular complexity index is 426. The lowest BCUT2D eigenvalue weighted by atomic mass is 10.0. The van der Waals surface area contributed by atoms with Crippen molar-refractivity contribution >= 4 is 17.8 Å². The number of aliphatic carboxylic acids is 1. The molecule has 132 valence electrons. The van der Waals surface area contributed by atoms with Crippen LogP contribution in [-0.4, -0.2) is 59.4 Å². The number of nitrogens with one attached hydrogen (secondary N) is 2. The predicted molar refractivity (Wildman–Crippen MR) is 81.6 cm³/mol. The fraction of sp³-hybridized carbons (Fsp3) is 0.800. The highest BCUT2D eigenvalue weighted by molar-refractivity contribution is 5.95. The largest absolute Gasteiger partial charge is 0.479 e. The van der Waals surface area contributed by atoms with Crippen molar-refractivity contribution in [2.45, 2.75) is 57.8 Å². The lowest BCUT2D eigenvalue weighted by Gasteiger charge is -2.21. The van der Waals surface area contributed by atoms with E-state index in [4.69, 9.17) is 14.9 Å². The van der Waals surface area contributed by atoms with Gasteiger partial charge in [0.15, 0.2) is 12.2 Å². The maximum Gasteiger partial charge on any atom is 0.336 e. The van der Waals surface area contributed by atoms with Crippen LogP contribution in [0.2, 0.25) is 0 Å². The van der Waals surface area contributed by atoms with Gasteiger partial charge in [0.2, 0.25) is 5.91 Å². The molecule has 23 heavy (non-hydrogen) atoms. The Hall–Kier alpha value is -1.67. The molecule has 3 atom stereocenters. The summed E-state index contributed by atoms with van der Waals surface area (Å²) in [6.07, 6.45) is 1.25. The molecule has 0 aromatic rings. The number of hydrogen-bond acceptors (Lipinski definition) is 5. The number of unbranched alkanes of at least 4 members (excludes halogenated alkanes) is 3. The summed E-state index contributed by atoms with van der Waals surface area (Å²) in [6.45, 7) is 4.28. The van der Waals surface area contributed by atoms with Gasteiger partial charge >= 0.3 is 5.97 Å². The first-order chi connectivity index (χ1) is 10.9. The molecule has 0 aliphatic carbocycles. The molecule has 1 aliphatic rings. The maximum absolute atomic E-state index is 12.1. The Balaban J connectivity index is 2.34. The van der Waals surface area contributed by atoms with E-state index >= 15 is 0 Å². The van der Waals surface area contributed by atoms with Crippen LogP contribution in [-0.2, 0) is 19.1 Å². The van der Waals surface area contributed by atoms with Crippen LogP contribution in [0.4, 0.5) is 0 Å². The number of carboxylic acids is 1. The van der Waals surface area contributed by atoms with Crippen LogP contribution in [0.5, 0.6) is 0 Å². The molecule has 8 heteroatoms. The van der Waals surface area contributed by atoms with Gasteiger partial charge in [-0.15, -0.1) is 0 Å². The van der Waals surface area contributed by atoms with E-state index in [1.165, 1.54) is 0 Å². The molecule has 0 unspecified atom stereocenters. The third kappa shape index (κ3) is 6.54. The van der Waals surface area contributed by atoms with Crippen LogP contribution in [0.15, 0.2) is 0 Å². The molecule has 0 saturated carbocycles. The van der Waals surface area contributed by atoms with E-state index in [1.807, 2.05) is 0 Å². The van der Waals surface area contributed by atoms with E-state index < -0.39 is 30.1 Å². The zero-order chi connectivity index (χ0) is 17.4. The highest BCUT2D eigenvalue weighted by atomic mass is 16.6. The first-order valence-corrected chi connectivity index (χ1v) is 7.95. The summed E-state index contributed by atoms with van der Waals surface area (Å²) in [5, 5.41) is 22.7. The Morgan fingerprint density at radius 2 is 1.74 bits per heavy atom. The zero-order valence-corrected chi connectivity index (χ0v) is 13.6. The maximum atomic E-state index is 12.1. The van der Waals surface area contributed by atoms with Gasteiger partial charge in [-0.3, -0.25) is 9.59 Å². The Morgan fingerprint density at radius 1 is 1.09 bits per heavy atom. The molecule has 0 aromatic heterocycles. The smallest absolute Gasteiger partial charge is 0.336 e. The van der Waals surface area contributed by atoms with Crippen molar-refractivity contribution in [2.75, 3.05) is 13.2 Å². The van der Waals surface area contributed by atoms with E-state index in [2.05, 4.69) is 10.6 Å². The second-order valence-corrected chi connectivity index (χ2v) is 5.97. The average Bonchev–Trinajstić information content (AvgIpc) is 3.28. The second kappa shape index (κ2) is 9.46. The number of aliphatic hydroxyl groups is 1. The van der Waals surface area contributed by atoms with E-state index in [1.54, 1.807) is 13.8 Å². The number of carboxylic acid groups (broad SMARTS) is 1. The van der Waals surface area contributed by atoms with Gasteiger partial charge in [0.1, 0.15) is 6.04 Å². The number of aliphatic hydroxyl groups excluding tert-OH is 1. The molecule has 4 N–H and O–H groups in total. The molecule has 1 heterocycles. The van der Waals surface area contributed by atoms with Crippen LogP contribution in [0.3, 0.4) is 0 Å². The van der Waals surface area contributed by atoms with Gasteiger partial charge in [-0.25, -0.2) is 4.79 Å². The number of ether oxygens (including phenoxy) is 1. The first-order valence-electron chi connectivity index (χ1n) is 7.95. The number of carbonyl (C=O) groups is 3. The van der Waals surface area contributed by atoms with E-state index in [0.717, 1.165) is 25.7 Å². The van der Waals surface area contributed by atoms with Gasteiger partial charge in [0, 0.05) is 13.2 Å². The summed E-state index contributed by atoms with van der Waals surface area (Å²) in [5.74, 6) is -2.17. The molecule has 1 fully saturated rings. The number of hydrogen-bond donors (Lipinski definition) is 4. The molecule has 8 nitrogen and oxygen atoms in total. The molecule has 0 bridgehead atoms. The summed E-state index contributed by atoms with van der Waals surface area (Å²) in [6, 6.07) is -0.724. The topological polar surface area (TPSA) is 128 Å². The molecule has 0 spiro atoms. The Kier molecular flexibility index (Phi) is 7.97. The third-order valence-electron chi connectivity index (χ3n) is 3.62. The van der Waals surface area contributed by atoms with Crippen LogP contribution in [0.25, 0.3) is 0 Å². The minimum Gasteiger partial charge on any atom is -0.479 e. The first kappa shape index (κ1) is 19.4. The van der Waals surface area contributed by atoms with Gasteiger partial charge in [-0.2, -0.15) is 0 Å².